The molecule has 1 aromatic carbocycles. The van der Waals surface area contributed by atoms with Gasteiger partial charge in [0.05, 0.1) is 11.6 Å². The molecular formula is C17H16Cl2N5O6PS. The summed E-state index contributed by atoms with van der Waals surface area (Å²) in [5.74, 6) is 0.182. The minimum atomic E-state index is -4.21. The lowest BCUT2D eigenvalue weighted by Crippen LogP contribution is -2.40. The van der Waals surface area contributed by atoms with Gasteiger partial charge in [0.2, 0.25) is 0 Å². The molecule has 2 fully saturated rings. The lowest BCUT2D eigenvalue weighted by molar-refractivity contribution is -0.0690. The molecule has 3 N–H and O–H groups in total. The molecule has 0 spiro atoms. The van der Waals surface area contributed by atoms with Crippen molar-refractivity contribution in [3.63, 3.8) is 0 Å². The number of phosphoric ester groups is 1. The van der Waals surface area contributed by atoms with Crippen molar-refractivity contribution in [1.82, 2.24) is 19.5 Å². The van der Waals surface area contributed by atoms with Gasteiger partial charge in [-0.25, -0.2) is 19.5 Å². The number of ether oxygens (including phenoxy) is 2. The van der Waals surface area contributed by atoms with E-state index in [2.05, 4.69) is 15.0 Å². The Labute approximate surface area is 195 Å². The van der Waals surface area contributed by atoms with Gasteiger partial charge in [-0.3, -0.25) is 13.6 Å². The minimum Gasteiger partial charge on any atom is -0.382 e. The number of nitrogen functional groups attached to an aromatic ring is 1. The van der Waals surface area contributed by atoms with Crippen LogP contribution in [0.3, 0.4) is 0 Å². The van der Waals surface area contributed by atoms with Crippen LogP contribution in [0.1, 0.15) is 6.23 Å². The van der Waals surface area contributed by atoms with Gasteiger partial charge < -0.3 is 20.1 Å². The van der Waals surface area contributed by atoms with Gasteiger partial charge in [-0.2, -0.15) is 0 Å². The molecule has 0 aliphatic carbocycles. The molecule has 1 unspecified atom stereocenters. The minimum absolute atomic E-state index is 0.135. The second-order valence-electron chi connectivity index (χ2n) is 6.97. The third-order valence-electron chi connectivity index (χ3n) is 5.04. The normalized spacial score (nSPS) is 30.0. The Morgan fingerprint density at radius 2 is 2.19 bits per heavy atom. The topological polar surface area (TPSA) is 144 Å². The van der Waals surface area contributed by atoms with Crippen molar-refractivity contribution < 1.29 is 28.0 Å². The second-order valence-corrected chi connectivity index (χ2v) is 10.2. The molecule has 3 aromatic rings. The second kappa shape index (κ2) is 8.39. The van der Waals surface area contributed by atoms with Gasteiger partial charge in [0, 0.05) is 17.0 Å². The molecule has 2 saturated heterocycles. The van der Waals surface area contributed by atoms with Crippen LogP contribution in [0.5, 0.6) is 0 Å². The summed E-state index contributed by atoms with van der Waals surface area (Å²) in [6.07, 6.45) is -1.76. The molecule has 2 aliphatic rings. The van der Waals surface area contributed by atoms with Gasteiger partial charge in [0.1, 0.15) is 24.6 Å². The summed E-state index contributed by atoms with van der Waals surface area (Å²) in [5.41, 5.74) is 6.79. The molecule has 11 nitrogen and oxygen atoms in total. The molecule has 4 heterocycles. The number of benzene rings is 1. The van der Waals surface area contributed by atoms with Gasteiger partial charge in [-0.05, 0) is 30.0 Å². The number of nitrogens with zero attached hydrogens (tertiary/aromatic N) is 4. The number of fused-ring (bicyclic) bond motifs is 2. The summed E-state index contributed by atoms with van der Waals surface area (Å²) in [6, 6.07) is 5.09. The summed E-state index contributed by atoms with van der Waals surface area (Å²) in [7, 11) is -2.76. The van der Waals surface area contributed by atoms with Crippen LogP contribution in [0.4, 0.5) is 5.82 Å². The lowest BCUT2D eigenvalue weighted by atomic mass is 10.1. The molecule has 0 radical (unpaired) electrons. The first-order valence-electron chi connectivity index (χ1n) is 9.22. The van der Waals surface area contributed by atoms with Crippen molar-refractivity contribution >= 4 is 59.8 Å². The highest BCUT2D eigenvalue weighted by Crippen LogP contribution is 2.53. The van der Waals surface area contributed by atoms with E-state index in [4.69, 9.17) is 47.5 Å². The Bertz CT molecular complexity index is 1250. The molecule has 15 heteroatoms. The Hall–Kier alpha value is -1.47. The van der Waals surface area contributed by atoms with E-state index < -0.39 is 32.4 Å². The van der Waals surface area contributed by atoms with E-state index in [1.165, 1.54) is 25.2 Å². The van der Waals surface area contributed by atoms with Crippen LogP contribution in [0.15, 0.2) is 34.6 Å². The molecular weight excluding hydrogens is 504 g/mol. The molecule has 0 bridgehead atoms. The zero-order valence-electron chi connectivity index (χ0n) is 16.3. The highest BCUT2D eigenvalue weighted by atomic mass is 35.5. The molecule has 2 aliphatic heterocycles. The van der Waals surface area contributed by atoms with Crippen molar-refractivity contribution in [1.29, 1.82) is 0 Å². The van der Waals surface area contributed by atoms with Gasteiger partial charge >= 0.3 is 7.82 Å². The average molecular weight is 520 g/mol. The van der Waals surface area contributed by atoms with Gasteiger partial charge in [-0.15, -0.1) is 0 Å². The fourth-order valence-corrected chi connectivity index (χ4v) is 6.04. The van der Waals surface area contributed by atoms with E-state index in [9.17, 15) is 9.46 Å². The van der Waals surface area contributed by atoms with Crippen molar-refractivity contribution in [2.75, 3.05) is 19.5 Å². The highest BCUT2D eigenvalue weighted by molar-refractivity contribution is 7.99. The summed E-state index contributed by atoms with van der Waals surface area (Å²) >= 11 is 13.6. The first-order valence-corrected chi connectivity index (χ1v) is 12.3. The average Bonchev–Trinajstić information content (AvgIpc) is 3.27. The molecule has 170 valence electrons. The predicted octanol–water partition coefficient (Wildman–Crippen LogP) is 3.29. The van der Waals surface area contributed by atoms with Crippen LogP contribution < -0.4 is 5.73 Å². The standard InChI is InChI=1S/C17H16Cl2N5O6PS/c1-27-13-12-9(5-28-31(25,26)30-12)29-16(13)24-15-11(14(20)21-6-22-15)23-17(24)32-10-3-2-7(18)4-8(10)19/h2-4,6,9,12-13,16H,5H2,1H3,(H,25,26)(H2,20,21,22)/t9-,12-,13-,16-/m1/s1. The quantitative estimate of drug-likeness (QED) is 0.489. The van der Waals surface area contributed by atoms with Crippen molar-refractivity contribution in [2.45, 2.75) is 34.6 Å². The molecule has 5 atom stereocenters. The molecule has 0 saturated carbocycles. The summed E-state index contributed by atoms with van der Waals surface area (Å²) in [5, 5.41) is 1.37. The molecule has 32 heavy (non-hydrogen) atoms. The largest absolute Gasteiger partial charge is 0.472 e. The van der Waals surface area contributed by atoms with E-state index in [0.29, 0.717) is 31.3 Å². The Balaban J connectivity index is 1.62. The van der Waals surface area contributed by atoms with E-state index in [1.54, 1.807) is 22.8 Å². The van der Waals surface area contributed by atoms with Crippen LogP contribution in [-0.2, 0) is 23.1 Å². The summed E-state index contributed by atoms with van der Waals surface area (Å²) < 4.78 is 35.6. The van der Waals surface area contributed by atoms with Gasteiger partial charge in [-0.1, -0.05) is 23.2 Å². The number of methoxy groups -OCH3 is 1. The van der Waals surface area contributed by atoms with Crippen LogP contribution in [0.2, 0.25) is 10.0 Å². The molecule has 5 rings (SSSR count). The number of imidazole rings is 1. The lowest BCUT2D eigenvalue weighted by Gasteiger charge is -2.29. The summed E-state index contributed by atoms with van der Waals surface area (Å²) in [4.78, 5) is 23.4. The monoisotopic (exact) mass is 519 g/mol. The smallest absolute Gasteiger partial charge is 0.382 e. The zero-order chi connectivity index (χ0) is 22.6. The first-order chi connectivity index (χ1) is 15.3. The van der Waals surface area contributed by atoms with E-state index in [-0.39, 0.29) is 12.4 Å². The number of aromatic nitrogens is 4. The van der Waals surface area contributed by atoms with E-state index in [1.807, 2.05) is 0 Å². The van der Waals surface area contributed by atoms with Crippen molar-refractivity contribution in [3.05, 3.63) is 34.6 Å². The number of halogens is 2. The molecule has 0 amide bonds. The number of nitrogens with two attached hydrogens (primary N) is 1. The van der Waals surface area contributed by atoms with Gasteiger partial charge in [0.25, 0.3) is 0 Å². The summed E-state index contributed by atoms with van der Waals surface area (Å²) in [6.45, 7) is -0.135. The fourth-order valence-electron chi connectivity index (χ4n) is 3.64. The van der Waals surface area contributed by atoms with Crippen molar-refractivity contribution in [3.8, 4) is 0 Å². The Kier molecular flexibility index (Phi) is 5.85. The number of hydrogen-bond acceptors (Lipinski definition) is 10. The van der Waals surface area contributed by atoms with Gasteiger partial charge in [0.15, 0.2) is 28.4 Å². The zero-order valence-corrected chi connectivity index (χ0v) is 19.5. The fraction of sp³-hybridized carbons (Fsp3) is 0.353. The number of anilines is 1. The first kappa shape index (κ1) is 22.3. The van der Waals surface area contributed by atoms with Crippen molar-refractivity contribution in [2.24, 2.45) is 0 Å². The van der Waals surface area contributed by atoms with Crippen LogP contribution >= 0.6 is 42.8 Å². The van der Waals surface area contributed by atoms with Crippen LogP contribution in [-0.4, -0.2) is 56.4 Å². The SMILES string of the molecule is CO[C@@H]1[C@@H]2OP(=O)(O)OC[C@H]2O[C@H]1n1c(Sc2ccc(Cl)cc2Cl)nc2c(N)ncnc21. The maximum atomic E-state index is 12.0. The number of phosphoric acid groups is 1. The number of rotatable bonds is 4. The van der Waals surface area contributed by atoms with E-state index in [0.717, 1.165) is 0 Å². The third-order valence-corrected chi connectivity index (χ3v) is 7.73. The predicted molar refractivity (Wildman–Crippen MR) is 116 cm³/mol. The van der Waals surface area contributed by atoms with Crippen LogP contribution in [0, 0.1) is 0 Å². The van der Waals surface area contributed by atoms with Crippen LogP contribution in [0.25, 0.3) is 11.2 Å². The maximum absolute atomic E-state index is 12.0. The highest BCUT2D eigenvalue weighted by Gasteiger charge is 2.54. The third kappa shape index (κ3) is 3.89. The van der Waals surface area contributed by atoms with E-state index >= 15 is 0 Å². The Morgan fingerprint density at radius 1 is 1.38 bits per heavy atom. The maximum Gasteiger partial charge on any atom is 0.472 e. The number of hydrogen-bond donors (Lipinski definition) is 2. The Morgan fingerprint density at radius 3 is 2.94 bits per heavy atom. The molecule has 2 aromatic heterocycles.